The molecule has 10 heteroatoms. The fraction of sp³-hybridized carbons (Fsp3) is 0.194. The van der Waals surface area contributed by atoms with Gasteiger partial charge in [-0.3, -0.25) is 9.10 Å². The molecule has 0 aliphatic carbocycles. The molecule has 4 aromatic rings. The fourth-order valence-corrected chi connectivity index (χ4v) is 6.10. The number of nitrogens with zero attached hydrogens (tertiary/aromatic N) is 1. The largest absolute Gasteiger partial charge is 0.495 e. The molecule has 41 heavy (non-hydrogen) atoms. The highest BCUT2D eigenvalue weighted by atomic mass is 35.5. The summed E-state index contributed by atoms with van der Waals surface area (Å²) in [4.78, 5) is 13.6. The van der Waals surface area contributed by atoms with Crippen molar-refractivity contribution in [2.24, 2.45) is 0 Å². The molecule has 4 rings (SSSR count). The Morgan fingerprint density at radius 1 is 0.829 bits per heavy atom. The first kappa shape index (κ1) is 29.8. The SMILES string of the molecule is COc1ccc(S(=O)(=O)N(CC(=O)NC(c2ccccc2)c2ccccc2C)c2cc(Cl)ccc2OC)cc1OC. The lowest BCUT2D eigenvalue weighted by Crippen LogP contribution is -2.42. The Morgan fingerprint density at radius 2 is 1.46 bits per heavy atom. The van der Waals surface area contributed by atoms with Crippen molar-refractivity contribution < 1.29 is 27.4 Å². The molecule has 214 valence electrons. The predicted octanol–water partition coefficient (Wildman–Crippen LogP) is 5.78. The van der Waals surface area contributed by atoms with Crippen LogP contribution < -0.4 is 23.8 Å². The summed E-state index contributed by atoms with van der Waals surface area (Å²) in [7, 11) is -0.0498. The number of amides is 1. The lowest BCUT2D eigenvalue weighted by Gasteiger charge is -2.28. The number of hydrogen-bond donors (Lipinski definition) is 1. The molecule has 1 amide bonds. The molecule has 1 unspecified atom stereocenters. The molecule has 0 aliphatic heterocycles. The highest BCUT2D eigenvalue weighted by molar-refractivity contribution is 7.92. The van der Waals surface area contributed by atoms with Crippen LogP contribution in [0.2, 0.25) is 5.02 Å². The number of aryl methyl sites for hydroxylation is 1. The summed E-state index contributed by atoms with van der Waals surface area (Å²) >= 11 is 6.29. The Hall–Kier alpha value is -4.21. The molecule has 4 aromatic carbocycles. The zero-order valence-corrected chi connectivity index (χ0v) is 24.7. The number of rotatable bonds is 11. The molecule has 0 aliphatic rings. The Morgan fingerprint density at radius 3 is 2.12 bits per heavy atom. The highest BCUT2D eigenvalue weighted by Crippen LogP contribution is 2.37. The number of nitrogens with one attached hydrogen (secondary N) is 1. The van der Waals surface area contributed by atoms with E-state index in [1.54, 1.807) is 12.1 Å². The molecule has 0 saturated heterocycles. The molecule has 0 spiro atoms. The molecular formula is C31H31ClN2O6S. The molecule has 0 bridgehead atoms. The minimum atomic E-state index is -4.33. The summed E-state index contributed by atoms with van der Waals surface area (Å²) < 4.78 is 45.3. The molecule has 1 atom stereocenters. The third kappa shape index (κ3) is 6.58. The molecule has 0 fully saturated rings. The van der Waals surface area contributed by atoms with E-state index < -0.39 is 28.5 Å². The zero-order valence-electron chi connectivity index (χ0n) is 23.1. The Balaban J connectivity index is 1.78. The third-order valence-corrected chi connectivity index (χ3v) is 8.57. The second-order valence-corrected chi connectivity index (χ2v) is 11.4. The van der Waals surface area contributed by atoms with Crippen molar-refractivity contribution in [3.05, 3.63) is 113 Å². The number of methoxy groups -OCH3 is 3. The van der Waals surface area contributed by atoms with E-state index in [4.69, 9.17) is 25.8 Å². The van der Waals surface area contributed by atoms with Crippen molar-refractivity contribution >= 4 is 33.2 Å². The van der Waals surface area contributed by atoms with E-state index in [1.807, 2.05) is 61.5 Å². The van der Waals surface area contributed by atoms with Crippen molar-refractivity contribution in [3.8, 4) is 17.2 Å². The van der Waals surface area contributed by atoms with Gasteiger partial charge in [0.15, 0.2) is 11.5 Å². The second kappa shape index (κ2) is 13.0. The molecule has 0 radical (unpaired) electrons. The van der Waals surface area contributed by atoms with Gasteiger partial charge in [0.05, 0.1) is 38.0 Å². The van der Waals surface area contributed by atoms with Gasteiger partial charge >= 0.3 is 0 Å². The summed E-state index contributed by atoms with van der Waals surface area (Å²) in [5.41, 5.74) is 2.83. The van der Waals surface area contributed by atoms with E-state index in [2.05, 4.69) is 5.32 Å². The van der Waals surface area contributed by atoms with Crippen LogP contribution in [0.5, 0.6) is 17.2 Å². The molecule has 0 saturated carbocycles. The normalized spacial score (nSPS) is 11.8. The van der Waals surface area contributed by atoms with Gasteiger partial charge in [0.1, 0.15) is 12.3 Å². The molecule has 1 N–H and O–H groups in total. The number of carbonyl (C=O) groups is 1. The number of hydrogen-bond acceptors (Lipinski definition) is 6. The average molecular weight is 595 g/mol. The van der Waals surface area contributed by atoms with Gasteiger partial charge in [-0.15, -0.1) is 0 Å². The number of sulfonamides is 1. The maximum absolute atomic E-state index is 14.1. The highest BCUT2D eigenvalue weighted by Gasteiger charge is 2.31. The van der Waals surface area contributed by atoms with Crippen molar-refractivity contribution in [2.45, 2.75) is 17.9 Å². The molecule has 0 heterocycles. The van der Waals surface area contributed by atoms with Gasteiger partial charge in [-0.25, -0.2) is 8.42 Å². The molecular weight excluding hydrogens is 564 g/mol. The Bertz CT molecular complexity index is 1630. The first-order valence-corrected chi connectivity index (χ1v) is 14.5. The molecule has 0 aromatic heterocycles. The van der Waals surface area contributed by atoms with E-state index >= 15 is 0 Å². The predicted molar refractivity (Wildman–Crippen MR) is 160 cm³/mol. The van der Waals surface area contributed by atoms with Crippen LogP contribution in [0, 0.1) is 6.92 Å². The van der Waals surface area contributed by atoms with Crippen molar-refractivity contribution in [1.82, 2.24) is 5.32 Å². The van der Waals surface area contributed by atoms with Gasteiger partial charge in [0.2, 0.25) is 5.91 Å². The molecule has 8 nitrogen and oxygen atoms in total. The van der Waals surface area contributed by atoms with Crippen LogP contribution >= 0.6 is 11.6 Å². The summed E-state index contributed by atoms with van der Waals surface area (Å²) in [5.74, 6) is 0.276. The smallest absolute Gasteiger partial charge is 0.265 e. The summed E-state index contributed by atoms with van der Waals surface area (Å²) in [6.07, 6.45) is 0. The van der Waals surface area contributed by atoms with E-state index in [9.17, 15) is 13.2 Å². The number of benzene rings is 4. The summed E-state index contributed by atoms with van der Waals surface area (Å²) in [6.45, 7) is 1.41. The Kier molecular flexibility index (Phi) is 9.42. The lowest BCUT2D eigenvalue weighted by molar-refractivity contribution is -0.120. The minimum absolute atomic E-state index is 0.108. The summed E-state index contributed by atoms with van der Waals surface area (Å²) in [5, 5.41) is 3.32. The quantitative estimate of drug-likeness (QED) is 0.237. The summed E-state index contributed by atoms with van der Waals surface area (Å²) in [6, 6.07) is 25.5. The van der Waals surface area contributed by atoms with Crippen LogP contribution in [0.15, 0.2) is 95.9 Å². The van der Waals surface area contributed by atoms with Gasteiger partial charge in [-0.1, -0.05) is 66.2 Å². The van der Waals surface area contributed by atoms with E-state index in [1.165, 1.54) is 45.6 Å². The van der Waals surface area contributed by atoms with Crippen LogP contribution in [-0.2, 0) is 14.8 Å². The van der Waals surface area contributed by atoms with Gasteiger partial charge in [-0.05, 0) is 53.9 Å². The monoisotopic (exact) mass is 594 g/mol. The van der Waals surface area contributed by atoms with Crippen LogP contribution in [-0.4, -0.2) is 42.2 Å². The maximum Gasteiger partial charge on any atom is 0.265 e. The number of carbonyl (C=O) groups excluding carboxylic acids is 1. The van der Waals surface area contributed by atoms with E-state index in [-0.39, 0.29) is 27.1 Å². The van der Waals surface area contributed by atoms with Crippen molar-refractivity contribution in [1.29, 1.82) is 0 Å². The third-order valence-electron chi connectivity index (χ3n) is 6.58. The van der Waals surface area contributed by atoms with Crippen LogP contribution in [0.4, 0.5) is 5.69 Å². The minimum Gasteiger partial charge on any atom is -0.495 e. The van der Waals surface area contributed by atoms with E-state index in [0.29, 0.717) is 5.75 Å². The van der Waals surface area contributed by atoms with E-state index in [0.717, 1.165) is 21.0 Å². The Labute approximate surface area is 245 Å². The van der Waals surface area contributed by atoms with Crippen LogP contribution in [0.25, 0.3) is 0 Å². The van der Waals surface area contributed by atoms with Gasteiger partial charge < -0.3 is 19.5 Å². The van der Waals surface area contributed by atoms with Crippen molar-refractivity contribution in [3.63, 3.8) is 0 Å². The van der Waals surface area contributed by atoms with Gasteiger partial charge in [-0.2, -0.15) is 0 Å². The standard InChI is InChI=1S/C31H31ClN2O6S/c1-21-10-8-9-13-25(21)31(22-11-6-5-7-12-22)33-30(35)20-34(26-18-23(32)14-16-27(26)38-2)41(36,37)24-15-17-28(39-3)29(19-24)40-4/h5-19,31H,20H2,1-4H3,(H,33,35). The second-order valence-electron chi connectivity index (χ2n) is 9.11. The average Bonchev–Trinajstić information content (AvgIpc) is 2.99. The zero-order chi connectivity index (χ0) is 29.6. The van der Waals surface area contributed by atoms with Gasteiger partial charge in [0.25, 0.3) is 10.0 Å². The first-order chi connectivity index (χ1) is 19.7. The number of halogens is 1. The fourth-order valence-electron chi connectivity index (χ4n) is 4.50. The van der Waals surface area contributed by atoms with Gasteiger partial charge in [0, 0.05) is 11.1 Å². The lowest BCUT2D eigenvalue weighted by atomic mass is 9.95. The van der Waals surface area contributed by atoms with Crippen LogP contribution in [0.1, 0.15) is 22.7 Å². The van der Waals surface area contributed by atoms with Crippen LogP contribution in [0.3, 0.4) is 0 Å². The first-order valence-electron chi connectivity index (χ1n) is 12.7. The maximum atomic E-state index is 14.1. The topological polar surface area (TPSA) is 94.2 Å². The van der Waals surface area contributed by atoms with Crippen molar-refractivity contribution in [2.75, 3.05) is 32.2 Å². The number of anilines is 1. The number of ether oxygens (including phenoxy) is 3.